The number of amides is 1. The van der Waals surface area contributed by atoms with Crippen LogP contribution in [0, 0.1) is 5.92 Å². The lowest BCUT2D eigenvalue weighted by Crippen LogP contribution is -2.62. The molecule has 5 rings (SSSR count). The molecule has 1 N–H and O–H groups in total. The van der Waals surface area contributed by atoms with Gasteiger partial charge in [-0.2, -0.15) is 13.2 Å². The van der Waals surface area contributed by atoms with Crippen molar-refractivity contribution in [3.05, 3.63) is 46.8 Å². The van der Waals surface area contributed by atoms with Gasteiger partial charge in [0.2, 0.25) is 0 Å². The van der Waals surface area contributed by atoms with Crippen molar-refractivity contribution in [2.45, 2.75) is 47.1 Å². The molecule has 28 heavy (non-hydrogen) atoms. The highest BCUT2D eigenvalue weighted by Gasteiger charge is 2.40. The van der Waals surface area contributed by atoms with Gasteiger partial charge in [-0.3, -0.25) is 9.69 Å². The van der Waals surface area contributed by atoms with Crippen LogP contribution < -0.4 is 5.32 Å². The summed E-state index contributed by atoms with van der Waals surface area (Å²) in [6.45, 7) is 4.38. The Morgan fingerprint density at radius 3 is 2.64 bits per heavy atom. The zero-order chi connectivity index (χ0) is 19.9. The molecule has 3 saturated heterocycles. The number of alkyl halides is 3. The molecular formula is C20H21F3N2OS2. The molecule has 3 aliphatic rings. The monoisotopic (exact) mass is 426 g/mol. The van der Waals surface area contributed by atoms with E-state index in [1.807, 2.05) is 0 Å². The van der Waals surface area contributed by atoms with Crippen LogP contribution in [0.2, 0.25) is 0 Å². The Hall–Kier alpha value is -1.51. The van der Waals surface area contributed by atoms with E-state index in [-0.39, 0.29) is 11.9 Å². The molecule has 2 unspecified atom stereocenters. The maximum Gasteiger partial charge on any atom is 0.416 e. The van der Waals surface area contributed by atoms with Crippen molar-refractivity contribution in [1.82, 2.24) is 10.2 Å². The average molecular weight is 427 g/mol. The second-order valence-corrected chi connectivity index (χ2v) is 9.82. The molecule has 2 atom stereocenters. The molecule has 2 aromatic rings. The second-order valence-electron chi connectivity index (χ2n) is 7.36. The van der Waals surface area contributed by atoms with Gasteiger partial charge < -0.3 is 5.32 Å². The highest BCUT2D eigenvalue weighted by molar-refractivity contribution is 8.01. The van der Waals surface area contributed by atoms with E-state index >= 15 is 0 Å². The van der Waals surface area contributed by atoms with E-state index in [0.717, 1.165) is 42.3 Å². The first-order valence-corrected chi connectivity index (χ1v) is 10.9. The molecule has 1 amide bonds. The SMILES string of the molecule is CC1C(NC(=O)c2ccc(Sc3cccc(C(F)(F)F)c3)s2)C2CCN1CC2. The van der Waals surface area contributed by atoms with Crippen LogP contribution in [0.4, 0.5) is 13.2 Å². The zero-order valence-corrected chi connectivity index (χ0v) is 17.0. The zero-order valence-electron chi connectivity index (χ0n) is 15.3. The molecule has 3 fully saturated rings. The lowest BCUT2D eigenvalue weighted by atomic mass is 9.79. The van der Waals surface area contributed by atoms with Gasteiger partial charge in [0.15, 0.2) is 0 Å². The van der Waals surface area contributed by atoms with Gasteiger partial charge in [-0.05, 0) is 69.1 Å². The molecular weight excluding hydrogens is 405 g/mol. The number of thiophene rings is 1. The summed E-state index contributed by atoms with van der Waals surface area (Å²) in [5.74, 6) is 0.439. The largest absolute Gasteiger partial charge is 0.416 e. The predicted octanol–water partition coefficient (Wildman–Crippen LogP) is 5.13. The number of nitrogens with zero attached hydrogens (tertiary/aromatic N) is 1. The van der Waals surface area contributed by atoms with Crippen molar-refractivity contribution in [2.24, 2.45) is 5.92 Å². The summed E-state index contributed by atoms with van der Waals surface area (Å²) in [6, 6.07) is 9.31. The summed E-state index contributed by atoms with van der Waals surface area (Å²) in [4.78, 5) is 16.2. The van der Waals surface area contributed by atoms with Gasteiger partial charge in [-0.25, -0.2) is 0 Å². The third-order valence-corrected chi connectivity index (χ3v) is 7.87. The van der Waals surface area contributed by atoms with Gasteiger partial charge >= 0.3 is 6.18 Å². The molecule has 8 heteroatoms. The first-order valence-electron chi connectivity index (χ1n) is 9.31. The lowest BCUT2D eigenvalue weighted by molar-refractivity contribution is -0.137. The first-order chi connectivity index (χ1) is 13.3. The minimum absolute atomic E-state index is 0.0912. The Balaban J connectivity index is 1.42. The highest BCUT2D eigenvalue weighted by atomic mass is 32.2. The third kappa shape index (κ3) is 4.09. The van der Waals surface area contributed by atoms with E-state index in [4.69, 9.17) is 0 Å². The Morgan fingerprint density at radius 2 is 1.96 bits per heavy atom. The van der Waals surface area contributed by atoms with Crippen LogP contribution in [-0.2, 0) is 6.18 Å². The van der Waals surface area contributed by atoms with Crippen LogP contribution in [-0.4, -0.2) is 36.0 Å². The highest BCUT2D eigenvalue weighted by Crippen LogP contribution is 2.37. The number of carbonyl (C=O) groups is 1. The average Bonchev–Trinajstić information content (AvgIpc) is 3.13. The van der Waals surface area contributed by atoms with Crippen molar-refractivity contribution in [3.8, 4) is 0 Å². The summed E-state index contributed by atoms with van der Waals surface area (Å²) in [7, 11) is 0. The van der Waals surface area contributed by atoms with E-state index < -0.39 is 11.7 Å². The Labute approximate surface area is 170 Å². The fraction of sp³-hybridized carbons (Fsp3) is 0.450. The van der Waals surface area contributed by atoms with E-state index in [9.17, 15) is 18.0 Å². The van der Waals surface area contributed by atoms with Gasteiger partial charge in [0.05, 0.1) is 14.6 Å². The summed E-state index contributed by atoms with van der Waals surface area (Å²) < 4.78 is 39.4. The molecule has 0 spiro atoms. The molecule has 1 aromatic heterocycles. The number of nitrogens with one attached hydrogen (secondary N) is 1. The number of hydrogen-bond acceptors (Lipinski definition) is 4. The van der Waals surface area contributed by atoms with Crippen LogP contribution in [0.25, 0.3) is 0 Å². The molecule has 2 bridgehead atoms. The molecule has 4 heterocycles. The number of benzene rings is 1. The molecule has 3 aliphatic heterocycles. The van der Waals surface area contributed by atoms with Gasteiger partial charge in [-0.15, -0.1) is 11.3 Å². The van der Waals surface area contributed by atoms with Crippen LogP contribution in [0.15, 0.2) is 45.5 Å². The summed E-state index contributed by atoms with van der Waals surface area (Å²) in [5.41, 5.74) is -0.664. The van der Waals surface area contributed by atoms with E-state index in [0.29, 0.717) is 21.7 Å². The number of carbonyl (C=O) groups excluding carboxylic acids is 1. The molecule has 1 aromatic carbocycles. The lowest BCUT2D eigenvalue weighted by Gasteiger charge is -2.49. The summed E-state index contributed by atoms with van der Waals surface area (Å²) in [5, 5.41) is 3.19. The molecule has 0 saturated carbocycles. The fourth-order valence-corrected chi connectivity index (χ4v) is 6.18. The predicted molar refractivity (Wildman–Crippen MR) is 105 cm³/mol. The normalized spacial score (nSPS) is 27.0. The quantitative estimate of drug-likeness (QED) is 0.736. The standard InChI is InChI=1S/C20H21F3N2OS2/c1-12-18(13-7-9-25(12)10-8-13)24-19(26)16-5-6-17(28-16)27-15-4-2-3-14(11-15)20(21,22)23/h2-6,11-13,18H,7-10H2,1H3,(H,24,26). The third-order valence-electron chi connectivity index (χ3n) is 5.66. The minimum atomic E-state index is -4.36. The van der Waals surface area contributed by atoms with Crippen molar-refractivity contribution >= 4 is 29.0 Å². The van der Waals surface area contributed by atoms with Crippen molar-refractivity contribution < 1.29 is 18.0 Å². The number of hydrogen-bond donors (Lipinski definition) is 1. The van der Waals surface area contributed by atoms with Crippen molar-refractivity contribution in [3.63, 3.8) is 0 Å². The van der Waals surface area contributed by atoms with Gasteiger partial charge in [0, 0.05) is 17.0 Å². The Bertz CT molecular complexity index is 857. The van der Waals surface area contributed by atoms with E-state index in [2.05, 4.69) is 17.1 Å². The number of halogens is 3. The molecule has 0 aliphatic carbocycles. The minimum Gasteiger partial charge on any atom is -0.347 e. The maximum absolute atomic E-state index is 12.9. The van der Waals surface area contributed by atoms with E-state index in [1.54, 1.807) is 18.2 Å². The van der Waals surface area contributed by atoms with Crippen molar-refractivity contribution in [2.75, 3.05) is 13.1 Å². The van der Waals surface area contributed by atoms with Crippen molar-refractivity contribution in [1.29, 1.82) is 0 Å². The van der Waals surface area contributed by atoms with Crippen LogP contribution in [0.5, 0.6) is 0 Å². The smallest absolute Gasteiger partial charge is 0.347 e. The maximum atomic E-state index is 12.9. The first kappa shape index (κ1) is 19.8. The number of rotatable bonds is 4. The van der Waals surface area contributed by atoms with E-state index in [1.165, 1.54) is 29.2 Å². The van der Waals surface area contributed by atoms with Gasteiger partial charge in [-0.1, -0.05) is 17.8 Å². The summed E-state index contributed by atoms with van der Waals surface area (Å²) >= 11 is 2.56. The van der Waals surface area contributed by atoms with Gasteiger partial charge in [0.1, 0.15) is 0 Å². The Morgan fingerprint density at radius 1 is 1.21 bits per heavy atom. The Kier molecular flexibility index (Phi) is 5.46. The fourth-order valence-electron chi connectivity index (χ4n) is 4.12. The van der Waals surface area contributed by atoms with Crippen LogP contribution >= 0.6 is 23.1 Å². The number of fused-ring (bicyclic) bond motifs is 3. The van der Waals surface area contributed by atoms with Gasteiger partial charge in [0.25, 0.3) is 5.91 Å². The molecule has 150 valence electrons. The number of piperidine rings is 3. The molecule has 0 radical (unpaired) electrons. The van der Waals surface area contributed by atoms with Crippen LogP contribution in [0.3, 0.4) is 0 Å². The topological polar surface area (TPSA) is 32.3 Å². The molecule has 3 nitrogen and oxygen atoms in total. The summed E-state index contributed by atoms with van der Waals surface area (Å²) in [6.07, 6.45) is -2.12. The second kappa shape index (κ2) is 7.72. The van der Waals surface area contributed by atoms with Crippen LogP contribution in [0.1, 0.15) is 35.0 Å².